The Hall–Kier alpha value is -3.01. The molecule has 4 rings (SSSR count). The predicted molar refractivity (Wildman–Crippen MR) is 114 cm³/mol. The van der Waals surface area contributed by atoms with Gasteiger partial charge in [0.15, 0.2) is 0 Å². The van der Waals surface area contributed by atoms with E-state index in [-0.39, 0.29) is 6.01 Å². The molecule has 0 radical (unpaired) electrons. The smallest absolute Gasteiger partial charge is 0.338 e. The van der Waals surface area contributed by atoms with Gasteiger partial charge >= 0.3 is 5.97 Å². The van der Waals surface area contributed by atoms with Gasteiger partial charge in [0.05, 0.1) is 28.7 Å². The van der Waals surface area contributed by atoms with Crippen LogP contribution in [0.5, 0.6) is 11.8 Å². The van der Waals surface area contributed by atoms with Crippen molar-refractivity contribution in [3.63, 3.8) is 0 Å². The van der Waals surface area contributed by atoms with Crippen molar-refractivity contribution < 1.29 is 19.4 Å². The minimum absolute atomic E-state index is 0.264. The van der Waals surface area contributed by atoms with Gasteiger partial charge in [-0.1, -0.05) is 29.5 Å². The van der Waals surface area contributed by atoms with Gasteiger partial charge in [0.2, 0.25) is 0 Å². The van der Waals surface area contributed by atoms with Crippen LogP contribution in [-0.2, 0) is 4.74 Å². The van der Waals surface area contributed by atoms with Gasteiger partial charge in [-0.3, -0.25) is 0 Å². The van der Waals surface area contributed by atoms with E-state index in [0.29, 0.717) is 45.8 Å². The van der Waals surface area contributed by atoms with Gasteiger partial charge in [-0.25, -0.2) is 4.79 Å². The number of H-pyrrole nitrogens is 1. The molecular formula is C23H21ClN2O4. The fourth-order valence-electron chi connectivity index (χ4n) is 3.53. The van der Waals surface area contributed by atoms with Crippen LogP contribution in [0.2, 0.25) is 5.02 Å². The number of aliphatic hydroxyl groups is 1. The number of carbonyl (C=O) groups excluding carboxylic acids is 1. The Morgan fingerprint density at radius 1 is 1.27 bits per heavy atom. The minimum atomic E-state index is -0.930. The molecule has 1 fully saturated rings. The number of aromatic amines is 1. The minimum Gasteiger partial charge on any atom is -0.465 e. The quantitative estimate of drug-likeness (QED) is 0.467. The maximum absolute atomic E-state index is 11.9. The largest absolute Gasteiger partial charge is 0.465 e. The molecule has 0 atom stereocenters. The molecule has 154 valence electrons. The molecule has 0 unspecified atom stereocenters. The third kappa shape index (κ3) is 4.13. The third-order valence-electron chi connectivity index (χ3n) is 5.24. The maximum Gasteiger partial charge on any atom is 0.338 e. The number of esters is 1. The van der Waals surface area contributed by atoms with Crippen molar-refractivity contribution in [3.05, 3.63) is 52.0 Å². The molecule has 30 heavy (non-hydrogen) atoms. The molecule has 1 aliphatic rings. The van der Waals surface area contributed by atoms with Crippen LogP contribution in [0.15, 0.2) is 30.3 Å². The summed E-state index contributed by atoms with van der Waals surface area (Å²) >= 11 is 6.37. The maximum atomic E-state index is 11.9. The number of ether oxygens (including phenoxy) is 2. The van der Waals surface area contributed by atoms with E-state index in [0.717, 1.165) is 18.4 Å². The van der Waals surface area contributed by atoms with Crippen LogP contribution in [0.3, 0.4) is 0 Å². The first-order valence-corrected chi connectivity index (χ1v) is 10.1. The summed E-state index contributed by atoms with van der Waals surface area (Å²) in [6.07, 6.45) is 3.33. The van der Waals surface area contributed by atoms with E-state index in [9.17, 15) is 9.90 Å². The lowest BCUT2D eigenvalue weighted by molar-refractivity contribution is 0.0599. The number of aryl methyl sites for hydroxylation is 1. The summed E-state index contributed by atoms with van der Waals surface area (Å²) in [5, 5.41) is 10.9. The fraction of sp³-hybridized carbons (Fsp3) is 0.304. The Labute approximate surface area is 179 Å². The van der Waals surface area contributed by atoms with Crippen molar-refractivity contribution in [2.45, 2.75) is 38.2 Å². The topological polar surface area (TPSA) is 84.4 Å². The van der Waals surface area contributed by atoms with Crippen molar-refractivity contribution in [1.82, 2.24) is 9.97 Å². The van der Waals surface area contributed by atoms with Gasteiger partial charge in [-0.2, -0.15) is 4.98 Å². The number of halogens is 1. The molecule has 0 amide bonds. The van der Waals surface area contributed by atoms with Crippen molar-refractivity contribution in [1.29, 1.82) is 0 Å². The normalized spacial score (nSPS) is 14.9. The Bertz CT molecular complexity index is 1180. The SMILES string of the molecule is COC(=O)c1cc(Oc2nc3cc(C#CC4(O)CCCC4)c(Cl)cc3[nH]2)ccc1C. The molecule has 0 spiro atoms. The van der Waals surface area contributed by atoms with Crippen LogP contribution in [0.25, 0.3) is 11.0 Å². The monoisotopic (exact) mass is 424 g/mol. The second kappa shape index (κ2) is 8.02. The van der Waals surface area contributed by atoms with Crippen molar-refractivity contribution in [3.8, 4) is 23.6 Å². The molecule has 7 heteroatoms. The van der Waals surface area contributed by atoms with Crippen LogP contribution >= 0.6 is 11.6 Å². The number of aromatic nitrogens is 2. The summed E-state index contributed by atoms with van der Waals surface area (Å²) in [5.74, 6) is 5.99. The molecule has 1 aliphatic carbocycles. The Morgan fingerprint density at radius 2 is 2.03 bits per heavy atom. The molecule has 0 aliphatic heterocycles. The molecule has 2 aromatic carbocycles. The van der Waals surface area contributed by atoms with Gasteiger partial charge < -0.3 is 19.6 Å². The van der Waals surface area contributed by atoms with Crippen LogP contribution in [-0.4, -0.2) is 33.8 Å². The standard InChI is InChI=1S/C23H21ClN2O4/c1-14-5-6-16(12-17(14)21(27)29-2)30-22-25-19-11-15(18(24)13-20(19)26-22)7-10-23(28)8-3-4-9-23/h5-6,11-13,28H,3-4,8-9H2,1-2H3,(H,25,26). The Balaban J connectivity index is 1.61. The zero-order valence-electron chi connectivity index (χ0n) is 16.7. The van der Waals surface area contributed by atoms with Gasteiger partial charge in [0, 0.05) is 5.56 Å². The number of hydrogen-bond donors (Lipinski definition) is 2. The fourth-order valence-corrected chi connectivity index (χ4v) is 3.74. The first kappa shape index (κ1) is 20.3. The van der Waals surface area contributed by atoms with Gasteiger partial charge in [0.1, 0.15) is 11.4 Å². The molecule has 6 nitrogen and oxygen atoms in total. The number of benzene rings is 2. The van der Waals surface area contributed by atoms with E-state index in [1.54, 1.807) is 30.3 Å². The van der Waals surface area contributed by atoms with E-state index in [1.807, 2.05) is 6.92 Å². The number of nitrogens with zero attached hydrogens (tertiary/aromatic N) is 1. The van der Waals surface area contributed by atoms with Crippen molar-refractivity contribution in [2.75, 3.05) is 7.11 Å². The highest BCUT2D eigenvalue weighted by Gasteiger charge is 2.28. The van der Waals surface area contributed by atoms with E-state index < -0.39 is 11.6 Å². The lowest BCUT2D eigenvalue weighted by Crippen LogP contribution is -2.20. The summed E-state index contributed by atoms with van der Waals surface area (Å²) in [6, 6.07) is 8.90. The van der Waals surface area contributed by atoms with Crippen LogP contribution in [0.1, 0.15) is 47.2 Å². The summed E-state index contributed by atoms with van der Waals surface area (Å²) < 4.78 is 10.6. The zero-order chi connectivity index (χ0) is 21.3. The third-order valence-corrected chi connectivity index (χ3v) is 5.55. The zero-order valence-corrected chi connectivity index (χ0v) is 17.5. The number of nitrogens with one attached hydrogen (secondary N) is 1. The number of hydrogen-bond acceptors (Lipinski definition) is 5. The molecule has 1 aromatic heterocycles. The van der Waals surface area contributed by atoms with E-state index >= 15 is 0 Å². The second-order valence-electron chi connectivity index (χ2n) is 7.45. The van der Waals surface area contributed by atoms with E-state index in [2.05, 4.69) is 21.8 Å². The molecular weight excluding hydrogens is 404 g/mol. The second-order valence-corrected chi connectivity index (χ2v) is 7.86. The molecule has 3 aromatic rings. The number of carbonyl (C=O) groups is 1. The summed E-state index contributed by atoms with van der Waals surface area (Å²) in [6.45, 7) is 1.82. The number of imidazole rings is 1. The van der Waals surface area contributed by atoms with Gasteiger partial charge in [0.25, 0.3) is 6.01 Å². The van der Waals surface area contributed by atoms with Crippen LogP contribution in [0, 0.1) is 18.8 Å². The number of methoxy groups -OCH3 is 1. The first-order valence-electron chi connectivity index (χ1n) is 9.68. The Morgan fingerprint density at radius 3 is 2.77 bits per heavy atom. The Kier molecular flexibility index (Phi) is 5.42. The van der Waals surface area contributed by atoms with Gasteiger partial charge in [-0.05, 0) is 62.4 Å². The molecule has 1 saturated carbocycles. The average molecular weight is 425 g/mol. The van der Waals surface area contributed by atoms with Crippen LogP contribution in [0.4, 0.5) is 0 Å². The molecule has 0 bridgehead atoms. The van der Waals surface area contributed by atoms with Crippen molar-refractivity contribution >= 4 is 28.6 Å². The summed E-state index contributed by atoms with van der Waals surface area (Å²) in [4.78, 5) is 19.4. The average Bonchev–Trinajstić information content (AvgIpc) is 3.32. The number of fused-ring (bicyclic) bond motifs is 1. The molecule has 1 heterocycles. The summed E-state index contributed by atoms with van der Waals surface area (Å²) in [7, 11) is 1.34. The van der Waals surface area contributed by atoms with E-state index in [1.165, 1.54) is 7.11 Å². The highest BCUT2D eigenvalue weighted by Crippen LogP contribution is 2.30. The first-order chi connectivity index (χ1) is 14.4. The lowest BCUT2D eigenvalue weighted by Gasteiger charge is -2.12. The highest BCUT2D eigenvalue weighted by molar-refractivity contribution is 6.32. The molecule has 2 N–H and O–H groups in total. The van der Waals surface area contributed by atoms with Crippen LogP contribution < -0.4 is 4.74 Å². The molecule has 0 saturated heterocycles. The van der Waals surface area contributed by atoms with Crippen molar-refractivity contribution in [2.24, 2.45) is 0 Å². The van der Waals surface area contributed by atoms with Gasteiger partial charge in [-0.15, -0.1) is 0 Å². The van der Waals surface area contributed by atoms with E-state index in [4.69, 9.17) is 21.1 Å². The number of rotatable bonds is 3. The predicted octanol–water partition coefficient (Wildman–Crippen LogP) is 4.76. The summed E-state index contributed by atoms with van der Waals surface area (Å²) in [5.41, 5.74) is 2.22. The lowest BCUT2D eigenvalue weighted by atomic mass is 10.0. The highest BCUT2D eigenvalue weighted by atomic mass is 35.5.